The molecule has 1 N–H and O–H groups in total. The summed E-state index contributed by atoms with van der Waals surface area (Å²) in [4.78, 5) is 12.4. The topological polar surface area (TPSA) is 81.7 Å². The molecule has 2 aromatic rings. The number of ether oxygens (including phenoxy) is 2. The van der Waals surface area contributed by atoms with Crippen molar-refractivity contribution < 1.29 is 22.7 Å². The van der Waals surface area contributed by atoms with Crippen molar-refractivity contribution in [2.45, 2.75) is 24.7 Å². The van der Waals surface area contributed by atoms with E-state index in [1.807, 2.05) is 12.1 Å². The fraction of sp³-hybridized carbons (Fsp3) is 0.316. The van der Waals surface area contributed by atoms with Gasteiger partial charge in [0.05, 0.1) is 24.9 Å². The maximum absolute atomic E-state index is 12.1. The van der Waals surface area contributed by atoms with Crippen molar-refractivity contribution in [3.63, 3.8) is 0 Å². The molecule has 0 aliphatic heterocycles. The number of amides is 1. The van der Waals surface area contributed by atoms with Crippen LogP contribution in [-0.4, -0.2) is 34.3 Å². The van der Waals surface area contributed by atoms with Gasteiger partial charge in [0.1, 0.15) is 0 Å². The van der Waals surface area contributed by atoms with Crippen molar-refractivity contribution in [1.29, 1.82) is 0 Å². The number of anilines is 1. The Balaban J connectivity index is 1.95. The van der Waals surface area contributed by atoms with Crippen LogP contribution in [0.5, 0.6) is 11.5 Å². The Morgan fingerprint density at radius 1 is 1.00 bits per heavy atom. The third kappa shape index (κ3) is 4.98. The van der Waals surface area contributed by atoms with E-state index in [0.717, 1.165) is 5.56 Å². The molecule has 0 heterocycles. The van der Waals surface area contributed by atoms with E-state index in [1.54, 1.807) is 39.3 Å². The molecule has 0 aromatic heterocycles. The summed E-state index contributed by atoms with van der Waals surface area (Å²) in [7, 11) is -0.0993. The third-order valence-electron chi connectivity index (χ3n) is 3.97. The summed E-state index contributed by atoms with van der Waals surface area (Å²) in [6, 6.07) is 11.7. The number of sulfone groups is 1. The van der Waals surface area contributed by atoms with Gasteiger partial charge in [0, 0.05) is 12.1 Å². The molecule has 0 saturated carbocycles. The second-order valence-corrected chi connectivity index (χ2v) is 7.94. The predicted octanol–water partition coefficient (Wildman–Crippen LogP) is 3.07. The normalized spacial score (nSPS) is 11.0. The van der Waals surface area contributed by atoms with Gasteiger partial charge in [-0.25, -0.2) is 8.42 Å². The second-order valence-electron chi connectivity index (χ2n) is 5.67. The number of carbonyl (C=O) groups excluding carboxylic acids is 1. The molecule has 6 nitrogen and oxygen atoms in total. The molecular weight excluding hydrogens is 354 g/mol. The second kappa shape index (κ2) is 8.71. The zero-order valence-corrected chi connectivity index (χ0v) is 15.9. The fourth-order valence-electron chi connectivity index (χ4n) is 2.43. The first kappa shape index (κ1) is 19.8. The molecule has 0 aliphatic carbocycles. The van der Waals surface area contributed by atoms with Gasteiger partial charge in [0.25, 0.3) is 0 Å². The molecule has 2 aromatic carbocycles. The van der Waals surface area contributed by atoms with Gasteiger partial charge in [-0.3, -0.25) is 4.79 Å². The lowest BCUT2D eigenvalue weighted by molar-refractivity contribution is -0.116. The molecule has 26 heavy (non-hydrogen) atoms. The average molecular weight is 377 g/mol. The summed E-state index contributed by atoms with van der Waals surface area (Å²) in [6.07, 6.45) is 0.846. The van der Waals surface area contributed by atoms with Gasteiger partial charge in [-0.2, -0.15) is 0 Å². The Morgan fingerprint density at radius 3 is 2.23 bits per heavy atom. The van der Waals surface area contributed by atoms with Gasteiger partial charge in [-0.15, -0.1) is 0 Å². The van der Waals surface area contributed by atoms with E-state index < -0.39 is 9.84 Å². The van der Waals surface area contributed by atoms with Gasteiger partial charge in [-0.05, 0) is 48.4 Å². The molecule has 0 aliphatic rings. The van der Waals surface area contributed by atoms with Crippen molar-refractivity contribution >= 4 is 21.4 Å². The fourth-order valence-corrected chi connectivity index (χ4v) is 3.31. The standard InChI is InChI=1S/C19H23NO5S/c1-4-26(22,23)16-9-7-15(8-10-16)20-19(21)12-6-14-5-11-17(24-2)18(13-14)25-3/h5,7-11,13H,4,6,12H2,1-3H3,(H,20,21). The van der Waals surface area contributed by atoms with Crippen LogP contribution in [0, 0.1) is 0 Å². The SMILES string of the molecule is CCS(=O)(=O)c1ccc(NC(=O)CCc2ccc(OC)c(OC)c2)cc1. The number of methoxy groups -OCH3 is 2. The first-order valence-corrected chi connectivity index (χ1v) is 9.88. The summed E-state index contributed by atoms with van der Waals surface area (Å²) in [5, 5.41) is 2.77. The molecule has 7 heteroatoms. The first-order chi connectivity index (χ1) is 12.4. The highest BCUT2D eigenvalue weighted by Gasteiger charge is 2.11. The Morgan fingerprint density at radius 2 is 1.65 bits per heavy atom. The minimum absolute atomic E-state index is 0.0457. The van der Waals surface area contributed by atoms with Crippen LogP contribution in [0.4, 0.5) is 5.69 Å². The minimum atomic E-state index is -3.24. The smallest absolute Gasteiger partial charge is 0.224 e. The quantitative estimate of drug-likeness (QED) is 0.765. The van der Waals surface area contributed by atoms with Gasteiger partial charge in [0.15, 0.2) is 21.3 Å². The number of aryl methyl sites for hydroxylation is 1. The molecule has 1 amide bonds. The molecule has 0 unspecified atom stereocenters. The molecule has 0 fully saturated rings. The molecule has 0 radical (unpaired) electrons. The van der Waals surface area contributed by atoms with Crippen molar-refractivity contribution in [1.82, 2.24) is 0 Å². The summed E-state index contributed by atoms with van der Waals surface area (Å²) in [6.45, 7) is 1.60. The Hall–Kier alpha value is -2.54. The van der Waals surface area contributed by atoms with Crippen molar-refractivity contribution in [2.24, 2.45) is 0 Å². The Labute approximate surface area is 154 Å². The first-order valence-electron chi connectivity index (χ1n) is 8.23. The number of benzene rings is 2. The number of carbonyl (C=O) groups is 1. The molecule has 140 valence electrons. The van der Waals surface area contributed by atoms with Crippen LogP contribution in [0.25, 0.3) is 0 Å². The van der Waals surface area contributed by atoms with Crippen LogP contribution in [0.3, 0.4) is 0 Å². The van der Waals surface area contributed by atoms with Crippen molar-refractivity contribution in [3.05, 3.63) is 48.0 Å². The van der Waals surface area contributed by atoms with E-state index in [1.165, 1.54) is 12.1 Å². The van der Waals surface area contributed by atoms with Gasteiger partial charge < -0.3 is 14.8 Å². The van der Waals surface area contributed by atoms with Crippen molar-refractivity contribution in [2.75, 3.05) is 25.3 Å². The van der Waals surface area contributed by atoms with Gasteiger partial charge in [0.2, 0.25) is 5.91 Å². The summed E-state index contributed by atoms with van der Waals surface area (Å²) < 4.78 is 34.0. The van der Waals surface area contributed by atoms with Crippen LogP contribution >= 0.6 is 0 Å². The van der Waals surface area contributed by atoms with E-state index in [4.69, 9.17) is 9.47 Å². The molecule has 0 bridgehead atoms. The maximum Gasteiger partial charge on any atom is 0.224 e. The minimum Gasteiger partial charge on any atom is -0.493 e. The lowest BCUT2D eigenvalue weighted by Gasteiger charge is -2.10. The van der Waals surface area contributed by atoms with Crippen LogP contribution in [0.1, 0.15) is 18.9 Å². The van der Waals surface area contributed by atoms with E-state index in [0.29, 0.717) is 30.0 Å². The highest BCUT2D eigenvalue weighted by molar-refractivity contribution is 7.91. The molecule has 0 saturated heterocycles. The monoisotopic (exact) mass is 377 g/mol. The molecule has 0 spiro atoms. The van der Waals surface area contributed by atoms with Gasteiger partial charge >= 0.3 is 0 Å². The number of hydrogen-bond acceptors (Lipinski definition) is 5. The summed E-state index contributed by atoms with van der Waals surface area (Å²) in [5.74, 6) is 1.16. The zero-order chi connectivity index (χ0) is 19.2. The molecule has 0 atom stereocenters. The number of hydrogen-bond donors (Lipinski definition) is 1. The van der Waals surface area contributed by atoms with Crippen molar-refractivity contribution in [3.8, 4) is 11.5 Å². The predicted molar refractivity (Wildman–Crippen MR) is 101 cm³/mol. The molecule has 2 rings (SSSR count). The van der Waals surface area contributed by atoms with E-state index in [-0.39, 0.29) is 16.6 Å². The highest BCUT2D eigenvalue weighted by Crippen LogP contribution is 2.28. The lowest BCUT2D eigenvalue weighted by atomic mass is 10.1. The maximum atomic E-state index is 12.1. The average Bonchev–Trinajstić information content (AvgIpc) is 2.66. The van der Waals surface area contributed by atoms with Crippen LogP contribution < -0.4 is 14.8 Å². The third-order valence-corrected chi connectivity index (χ3v) is 5.72. The van der Waals surface area contributed by atoms with Crippen LogP contribution in [0.15, 0.2) is 47.4 Å². The molecular formula is C19H23NO5S. The zero-order valence-electron chi connectivity index (χ0n) is 15.1. The Kier molecular flexibility index (Phi) is 6.63. The van der Waals surface area contributed by atoms with E-state index in [9.17, 15) is 13.2 Å². The largest absolute Gasteiger partial charge is 0.493 e. The van der Waals surface area contributed by atoms with Crippen LogP contribution in [0.2, 0.25) is 0 Å². The highest BCUT2D eigenvalue weighted by atomic mass is 32.2. The summed E-state index contributed by atoms with van der Waals surface area (Å²) >= 11 is 0. The van der Waals surface area contributed by atoms with Crippen LogP contribution in [-0.2, 0) is 21.1 Å². The number of rotatable bonds is 8. The number of nitrogens with one attached hydrogen (secondary N) is 1. The Bertz CT molecular complexity index is 860. The van der Waals surface area contributed by atoms with Gasteiger partial charge in [-0.1, -0.05) is 13.0 Å². The van der Waals surface area contributed by atoms with E-state index in [2.05, 4.69) is 5.32 Å². The lowest BCUT2D eigenvalue weighted by Crippen LogP contribution is -2.12. The van der Waals surface area contributed by atoms with E-state index >= 15 is 0 Å². The summed E-state index contributed by atoms with van der Waals surface area (Å²) in [5.41, 5.74) is 1.53.